The molecular weight excluding hydrogens is 212 g/mol. The molecule has 0 atom stereocenters. The zero-order chi connectivity index (χ0) is 12.5. The number of ether oxygens (including phenoxy) is 1. The van der Waals surface area contributed by atoms with E-state index in [4.69, 9.17) is 4.74 Å². The van der Waals surface area contributed by atoms with Crippen molar-refractivity contribution in [1.82, 2.24) is 0 Å². The summed E-state index contributed by atoms with van der Waals surface area (Å²) in [6.07, 6.45) is 3.43. The molecule has 0 heterocycles. The molecule has 0 aliphatic heterocycles. The summed E-state index contributed by atoms with van der Waals surface area (Å²) >= 11 is 0. The first-order chi connectivity index (χ1) is 8.13. The van der Waals surface area contributed by atoms with Crippen LogP contribution in [-0.2, 0) is 5.41 Å². The van der Waals surface area contributed by atoms with Crippen LogP contribution in [-0.4, -0.2) is 18.8 Å². The normalized spacial score (nSPS) is 17.9. The SMILES string of the molecule is COc1ccc(C2(CO)CCC2)cc1C(C)C. The molecule has 1 aromatic rings. The van der Waals surface area contributed by atoms with E-state index in [1.807, 2.05) is 6.07 Å². The predicted octanol–water partition coefficient (Wildman–Crippen LogP) is 3.23. The molecular formula is C15H22O2. The molecule has 1 saturated carbocycles. The molecule has 1 aliphatic rings. The predicted molar refractivity (Wildman–Crippen MR) is 69.7 cm³/mol. The van der Waals surface area contributed by atoms with Crippen molar-refractivity contribution < 1.29 is 9.84 Å². The lowest BCUT2D eigenvalue weighted by Gasteiger charge is -2.41. The van der Waals surface area contributed by atoms with Gasteiger partial charge < -0.3 is 9.84 Å². The fourth-order valence-electron chi connectivity index (χ4n) is 2.66. The molecule has 0 spiro atoms. The van der Waals surface area contributed by atoms with Gasteiger partial charge in [-0.2, -0.15) is 0 Å². The molecule has 0 aromatic heterocycles. The molecule has 2 heteroatoms. The van der Waals surface area contributed by atoms with Gasteiger partial charge in [0, 0.05) is 5.41 Å². The monoisotopic (exact) mass is 234 g/mol. The van der Waals surface area contributed by atoms with Gasteiger partial charge in [-0.15, -0.1) is 0 Å². The largest absolute Gasteiger partial charge is 0.496 e. The maximum Gasteiger partial charge on any atom is 0.122 e. The van der Waals surface area contributed by atoms with Crippen LogP contribution in [0.25, 0.3) is 0 Å². The average molecular weight is 234 g/mol. The number of hydrogen-bond donors (Lipinski definition) is 1. The highest BCUT2D eigenvalue weighted by atomic mass is 16.5. The summed E-state index contributed by atoms with van der Waals surface area (Å²) in [4.78, 5) is 0. The van der Waals surface area contributed by atoms with Gasteiger partial charge in [-0.05, 0) is 36.0 Å². The van der Waals surface area contributed by atoms with E-state index in [9.17, 15) is 5.11 Å². The van der Waals surface area contributed by atoms with E-state index in [1.54, 1.807) is 7.11 Å². The first kappa shape index (κ1) is 12.4. The van der Waals surface area contributed by atoms with Gasteiger partial charge in [0.05, 0.1) is 13.7 Å². The van der Waals surface area contributed by atoms with Gasteiger partial charge in [0.2, 0.25) is 0 Å². The van der Waals surface area contributed by atoms with Gasteiger partial charge in [0.25, 0.3) is 0 Å². The summed E-state index contributed by atoms with van der Waals surface area (Å²) in [7, 11) is 1.71. The molecule has 0 amide bonds. The Morgan fingerprint density at radius 2 is 2.06 bits per heavy atom. The van der Waals surface area contributed by atoms with Crippen molar-refractivity contribution in [2.24, 2.45) is 0 Å². The molecule has 1 aromatic carbocycles. The Bertz CT molecular complexity index is 386. The molecule has 0 saturated heterocycles. The van der Waals surface area contributed by atoms with Crippen molar-refractivity contribution in [3.63, 3.8) is 0 Å². The van der Waals surface area contributed by atoms with E-state index in [0.717, 1.165) is 18.6 Å². The minimum atomic E-state index is 0.0237. The number of methoxy groups -OCH3 is 1. The summed E-state index contributed by atoms with van der Waals surface area (Å²) in [6, 6.07) is 6.37. The standard InChI is InChI=1S/C15H22O2/c1-11(2)13-9-12(5-6-14(13)17-3)15(10-16)7-4-8-15/h5-6,9,11,16H,4,7-8,10H2,1-3H3. The zero-order valence-corrected chi connectivity index (χ0v) is 11.0. The second-order valence-electron chi connectivity index (χ2n) is 5.40. The third kappa shape index (κ3) is 2.06. The number of benzene rings is 1. The zero-order valence-electron chi connectivity index (χ0n) is 11.0. The summed E-state index contributed by atoms with van der Waals surface area (Å²) < 4.78 is 5.40. The quantitative estimate of drug-likeness (QED) is 0.866. The van der Waals surface area contributed by atoms with Crippen LogP contribution in [0.4, 0.5) is 0 Å². The first-order valence-corrected chi connectivity index (χ1v) is 6.42. The van der Waals surface area contributed by atoms with Crippen molar-refractivity contribution >= 4 is 0 Å². The maximum atomic E-state index is 9.61. The molecule has 17 heavy (non-hydrogen) atoms. The topological polar surface area (TPSA) is 29.5 Å². The van der Waals surface area contributed by atoms with Crippen molar-refractivity contribution in [3.05, 3.63) is 29.3 Å². The Kier molecular flexibility index (Phi) is 3.43. The van der Waals surface area contributed by atoms with Crippen molar-refractivity contribution in [2.75, 3.05) is 13.7 Å². The second-order valence-corrected chi connectivity index (χ2v) is 5.40. The van der Waals surface area contributed by atoms with Crippen LogP contribution in [0.2, 0.25) is 0 Å². The number of rotatable bonds is 4. The van der Waals surface area contributed by atoms with E-state index < -0.39 is 0 Å². The minimum absolute atomic E-state index is 0.0237. The Morgan fingerprint density at radius 1 is 1.35 bits per heavy atom. The molecule has 1 fully saturated rings. The summed E-state index contributed by atoms with van der Waals surface area (Å²) in [6.45, 7) is 4.61. The van der Waals surface area contributed by atoms with E-state index in [-0.39, 0.29) is 12.0 Å². The first-order valence-electron chi connectivity index (χ1n) is 6.42. The van der Waals surface area contributed by atoms with Gasteiger partial charge in [-0.1, -0.05) is 32.4 Å². The summed E-state index contributed by atoms with van der Waals surface area (Å²) in [5.41, 5.74) is 2.54. The molecule has 2 nitrogen and oxygen atoms in total. The van der Waals surface area contributed by atoms with Crippen molar-refractivity contribution in [3.8, 4) is 5.75 Å². The molecule has 1 aliphatic carbocycles. The van der Waals surface area contributed by atoms with Gasteiger partial charge in [-0.25, -0.2) is 0 Å². The Morgan fingerprint density at radius 3 is 2.47 bits per heavy atom. The van der Waals surface area contributed by atoms with Crippen LogP contribution in [0.3, 0.4) is 0 Å². The second kappa shape index (κ2) is 4.69. The third-order valence-electron chi connectivity index (χ3n) is 4.08. The molecule has 0 bridgehead atoms. The van der Waals surface area contributed by atoms with Crippen LogP contribution in [0, 0.1) is 0 Å². The van der Waals surface area contributed by atoms with Crippen molar-refractivity contribution in [1.29, 1.82) is 0 Å². The highest BCUT2D eigenvalue weighted by molar-refractivity contribution is 5.42. The van der Waals surface area contributed by atoms with Crippen LogP contribution in [0.5, 0.6) is 5.75 Å². The van der Waals surface area contributed by atoms with Crippen molar-refractivity contribution in [2.45, 2.75) is 44.4 Å². The number of aliphatic hydroxyl groups excluding tert-OH is 1. The van der Waals surface area contributed by atoms with Crippen LogP contribution < -0.4 is 4.74 Å². The van der Waals surface area contributed by atoms with E-state index in [2.05, 4.69) is 26.0 Å². The fraction of sp³-hybridized carbons (Fsp3) is 0.600. The van der Waals surface area contributed by atoms with E-state index in [0.29, 0.717) is 5.92 Å². The number of aliphatic hydroxyl groups is 1. The maximum absolute atomic E-state index is 9.61. The van der Waals surface area contributed by atoms with Crippen LogP contribution in [0.15, 0.2) is 18.2 Å². The summed E-state index contributed by atoms with van der Waals surface area (Å²) in [5.74, 6) is 1.40. The molecule has 94 valence electrons. The van der Waals surface area contributed by atoms with Crippen LogP contribution in [0.1, 0.15) is 50.2 Å². The molecule has 2 rings (SSSR count). The van der Waals surface area contributed by atoms with Gasteiger partial charge >= 0.3 is 0 Å². The van der Waals surface area contributed by atoms with Gasteiger partial charge in [0.1, 0.15) is 5.75 Å². The van der Waals surface area contributed by atoms with Gasteiger partial charge in [-0.3, -0.25) is 0 Å². The summed E-state index contributed by atoms with van der Waals surface area (Å²) in [5, 5.41) is 9.61. The lowest BCUT2D eigenvalue weighted by Crippen LogP contribution is -2.37. The lowest BCUT2D eigenvalue weighted by atomic mass is 9.64. The smallest absolute Gasteiger partial charge is 0.122 e. The van der Waals surface area contributed by atoms with E-state index in [1.165, 1.54) is 17.5 Å². The Labute approximate surface area is 104 Å². The highest BCUT2D eigenvalue weighted by Crippen LogP contribution is 2.44. The molecule has 1 N–H and O–H groups in total. The fourth-order valence-corrected chi connectivity index (χ4v) is 2.66. The van der Waals surface area contributed by atoms with E-state index >= 15 is 0 Å². The highest BCUT2D eigenvalue weighted by Gasteiger charge is 2.38. The average Bonchev–Trinajstić information content (AvgIpc) is 2.28. The number of hydrogen-bond acceptors (Lipinski definition) is 2. The van der Waals surface area contributed by atoms with Gasteiger partial charge in [0.15, 0.2) is 0 Å². The molecule has 0 unspecified atom stereocenters. The Hall–Kier alpha value is -1.02. The van der Waals surface area contributed by atoms with Crippen LogP contribution >= 0.6 is 0 Å². The Balaban J connectivity index is 2.40. The lowest BCUT2D eigenvalue weighted by molar-refractivity contribution is 0.120. The molecule has 0 radical (unpaired) electrons. The minimum Gasteiger partial charge on any atom is -0.496 e. The third-order valence-corrected chi connectivity index (χ3v) is 4.08.